The first-order valence-electron chi connectivity index (χ1n) is 8.59. The summed E-state index contributed by atoms with van der Waals surface area (Å²) in [6, 6.07) is 7.52. The second kappa shape index (κ2) is 8.50. The highest BCUT2D eigenvalue weighted by Gasteiger charge is 2.20. The van der Waals surface area contributed by atoms with Crippen LogP contribution in [-0.2, 0) is 4.74 Å². The van der Waals surface area contributed by atoms with Crippen molar-refractivity contribution in [2.24, 2.45) is 5.73 Å². The molecular weight excluding hydrogens is 270 g/mol. The SMILES string of the molecule is COC.Cc1cc(C2CCC(N)CC2)ccc1C=C1CCC1. The molecule has 0 aromatic heterocycles. The Hall–Kier alpha value is -1.12. The molecule has 0 heterocycles. The Labute approximate surface area is 135 Å². The van der Waals surface area contributed by atoms with Crippen LogP contribution in [0.1, 0.15) is 67.6 Å². The van der Waals surface area contributed by atoms with Crippen molar-refractivity contribution in [1.29, 1.82) is 0 Å². The molecule has 0 radical (unpaired) electrons. The van der Waals surface area contributed by atoms with E-state index >= 15 is 0 Å². The van der Waals surface area contributed by atoms with Gasteiger partial charge in [0.15, 0.2) is 0 Å². The smallest absolute Gasteiger partial charge is 0.0351 e. The standard InChI is InChI=1S/C18H25N.C2H6O/c1-13-11-17(15-7-9-18(19)10-8-15)6-5-16(13)12-14-3-2-4-14;1-3-2/h5-6,11-12,15,18H,2-4,7-10,19H2,1H3;1-2H3. The fourth-order valence-electron chi connectivity index (χ4n) is 3.31. The molecule has 2 aliphatic carbocycles. The number of ether oxygens (including phenoxy) is 1. The molecule has 3 rings (SSSR count). The van der Waals surface area contributed by atoms with Crippen LogP contribution in [0.5, 0.6) is 0 Å². The van der Waals surface area contributed by atoms with Crippen LogP contribution in [-0.4, -0.2) is 20.3 Å². The third-order valence-corrected chi connectivity index (χ3v) is 4.89. The van der Waals surface area contributed by atoms with Gasteiger partial charge in [0.25, 0.3) is 0 Å². The molecule has 0 spiro atoms. The minimum Gasteiger partial charge on any atom is -0.388 e. The van der Waals surface area contributed by atoms with Gasteiger partial charge in [-0.3, -0.25) is 0 Å². The lowest BCUT2D eigenvalue weighted by atomic mass is 9.81. The number of hydrogen-bond donors (Lipinski definition) is 1. The lowest BCUT2D eigenvalue weighted by Gasteiger charge is -2.27. The predicted molar refractivity (Wildman–Crippen MR) is 95.1 cm³/mol. The van der Waals surface area contributed by atoms with E-state index in [1.807, 2.05) is 0 Å². The van der Waals surface area contributed by atoms with Crippen LogP contribution in [0, 0.1) is 6.92 Å². The van der Waals surface area contributed by atoms with Crippen molar-refractivity contribution in [3.05, 3.63) is 40.5 Å². The summed E-state index contributed by atoms with van der Waals surface area (Å²) in [5.41, 5.74) is 12.0. The highest BCUT2D eigenvalue weighted by Crippen LogP contribution is 2.34. The average Bonchev–Trinajstić information content (AvgIpc) is 2.46. The number of benzene rings is 1. The molecular formula is C20H31NO. The monoisotopic (exact) mass is 301 g/mol. The van der Waals surface area contributed by atoms with Gasteiger partial charge >= 0.3 is 0 Å². The van der Waals surface area contributed by atoms with Crippen molar-refractivity contribution in [3.63, 3.8) is 0 Å². The molecule has 22 heavy (non-hydrogen) atoms. The van der Waals surface area contributed by atoms with Gasteiger partial charge < -0.3 is 10.5 Å². The van der Waals surface area contributed by atoms with Crippen molar-refractivity contribution in [1.82, 2.24) is 0 Å². The molecule has 1 aromatic rings. The summed E-state index contributed by atoms with van der Waals surface area (Å²) in [5.74, 6) is 0.740. The fraction of sp³-hybridized carbons (Fsp3) is 0.600. The lowest BCUT2D eigenvalue weighted by molar-refractivity contribution is 0.277. The number of methoxy groups -OCH3 is 1. The number of rotatable bonds is 2. The summed E-state index contributed by atoms with van der Waals surface area (Å²) in [4.78, 5) is 0. The Morgan fingerprint density at radius 3 is 2.23 bits per heavy atom. The predicted octanol–water partition coefficient (Wildman–Crippen LogP) is 4.81. The molecule has 0 unspecified atom stereocenters. The molecule has 2 N–H and O–H groups in total. The van der Waals surface area contributed by atoms with E-state index in [2.05, 4.69) is 35.9 Å². The molecule has 122 valence electrons. The summed E-state index contributed by atoms with van der Waals surface area (Å²) in [5, 5.41) is 0. The van der Waals surface area contributed by atoms with E-state index in [4.69, 9.17) is 5.73 Å². The van der Waals surface area contributed by atoms with Crippen molar-refractivity contribution >= 4 is 6.08 Å². The Balaban J connectivity index is 0.000000545. The molecule has 0 aliphatic heterocycles. The Morgan fingerprint density at radius 2 is 1.73 bits per heavy atom. The van der Waals surface area contributed by atoms with Gasteiger partial charge in [-0.2, -0.15) is 0 Å². The first-order chi connectivity index (χ1) is 10.6. The van der Waals surface area contributed by atoms with Crippen LogP contribution < -0.4 is 5.73 Å². The Bertz CT molecular complexity index is 492. The van der Waals surface area contributed by atoms with Crippen molar-refractivity contribution in [3.8, 4) is 0 Å². The normalized spacial score (nSPS) is 24.1. The largest absolute Gasteiger partial charge is 0.388 e. The zero-order valence-electron chi connectivity index (χ0n) is 14.4. The number of hydrogen-bond acceptors (Lipinski definition) is 2. The van der Waals surface area contributed by atoms with Gasteiger partial charge in [0.1, 0.15) is 0 Å². The minimum absolute atomic E-state index is 0.444. The maximum atomic E-state index is 6.00. The summed E-state index contributed by atoms with van der Waals surface area (Å²) in [6.07, 6.45) is 11.3. The first kappa shape index (κ1) is 17.2. The second-order valence-corrected chi connectivity index (χ2v) is 6.79. The summed E-state index contributed by atoms with van der Waals surface area (Å²) >= 11 is 0. The van der Waals surface area contributed by atoms with Crippen LogP contribution in [0.2, 0.25) is 0 Å². The molecule has 0 bridgehead atoms. The van der Waals surface area contributed by atoms with E-state index in [0.29, 0.717) is 6.04 Å². The van der Waals surface area contributed by atoms with Crippen LogP contribution >= 0.6 is 0 Å². The first-order valence-corrected chi connectivity index (χ1v) is 8.59. The third-order valence-electron chi connectivity index (χ3n) is 4.89. The lowest BCUT2D eigenvalue weighted by Crippen LogP contribution is -2.25. The Morgan fingerprint density at radius 1 is 1.09 bits per heavy atom. The van der Waals surface area contributed by atoms with Crippen LogP contribution in [0.25, 0.3) is 6.08 Å². The zero-order valence-corrected chi connectivity index (χ0v) is 14.4. The molecule has 2 saturated carbocycles. The maximum absolute atomic E-state index is 6.00. The summed E-state index contributed by atoms with van der Waals surface area (Å²) in [7, 11) is 3.25. The van der Waals surface area contributed by atoms with Crippen LogP contribution in [0.3, 0.4) is 0 Å². The summed E-state index contributed by atoms with van der Waals surface area (Å²) < 4.78 is 4.25. The topological polar surface area (TPSA) is 35.2 Å². The molecule has 2 fully saturated rings. The summed E-state index contributed by atoms with van der Waals surface area (Å²) in [6.45, 7) is 2.25. The van der Waals surface area contributed by atoms with E-state index in [0.717, 1.165) is 5.92 Å². The third kappa shape index (κ3) is 4.69. The number of aryl methyl sites for hydroxylation is 1. The highest BCUT2D eigenvalue weighted by molar-refractivity contribution is 5.58. The van der Waals surface area contributed by atoms with Gasteiger partial charge in [-0.25, -0.2) is 0 Å². The second-order valence-electron chi connectivity index (χ2n) is 6.79. The number of allylic oxidation sites excluding steroid dienone is 1. The molecule has 1 aromatic carbocycles. The molecule has 0 atom stereocenters. The van der Waals surface area contributed by atoms with E-state index in [1.165, 1.54) is 61.6 Å². The van der Waals surface area contributed by atoms with Crippen LogP contribution in [0.15, 0.2) is 23.8 Å². The highest BCUT2D eigenvalue weighted by atomic mass is 16.4. The molecule has 0 amide bonds. The Kier molecular flexibility index (Phi) is 6.66. The van der Waals surface area contributed by atoms with Crippen molar-refractivity contribution < 1.29 is 4.74 Å². The number of nitrogens with two attached hydrogens (primary N) is 1. The minimum atomic E-state index is 0.444. The van der Waals surface area contributed by atoms with Gasteiger partial charge in [0.2, 0.25) is 0 Å². The average molecular weight is 301 g/mol. The van der Waals surface area contributed by atoms with E-state index < -0.39 is 0 Å². The maximum Gasteiger partial charge on any atom is 0.0351 e. The van der Waals surface area contributed by atoms with Crippen molar-refractivity contribution in [2.45, 2.75) is 63.8 Å². The van der Waals surface area contributed by atoms with Gasteiger partial charge in [-0.05, 0) is 74.5 Å². The van der Waals surface area contributed by atoms with Crippen molar-refractivity contribution in [2.75, 3.05) is 14.2 Å². The van der Waals surface area contributed by atoms with Gasteiger partial charge in [0, 0.05) is 20.3 Å². The van der Waals surface area contributed by atoms with E-state index in [9.17, 15) is 0 Å². The molecule has 0 saturated heterocycles. The van der Waals surface area contributed by atoms with E-state index in [-0.39, 0.29) is 0 Å². The van der Waals surface area contributed by atoms with Crippen LogP contribution in [0.4, 0.5) is 0 Å². The molecule has 2 heteroatoms. The zero-order chi connectivity index (χ0) is 15.9. The quantitative estimate of drug-likeness (QED) is 0.850. The molecule has 2 nitrogen and oxygen atoms in total. The van der Waals surface area contributed by atoms with E-state index in [1.54, 1.807) is 19.8 Å². The van der Waals surface area contributed by atoms with Gasteiger partial charge in [0.05, 0.1) is 0 Å². The molecule has 2 aliphatic rings. The van der Waals surface area contributed by atoms with Gasteiger partial charge in [-0.1, -0.05) is 29.8 Å². The van der Waals surface area contributed by atoms with Gasteiger partial charge in [-0.15, -0.1) is 0 Å². The fourth-order valence-corrected chi connectivity index (χ4v) is 3.31.